The van der Waals surface area contributed by atoms with Crippen LogP contribution in [0.5, 0.6) is 0 Å². The first-order chi connectivity index (χ1) is 6.54. The fourth-order valence-corrected chi connectivity index (χ4v) is 4.21. The number of carbonyl (C=O) groups excluding carboxylic acids is 1. The van der Waals surface area contributed by atoms with Gasteiger partial charge in [-0.15, -0.1) is 0 Å². The molecule has 81 valence electrons. The molecule has 0 rings (SSSR count). The average molecular weight is 276 g/mol. The Bertz CT molecular complexity index is 164. The zero-order valence-corrected chi connectivity index (χ0v) is 12.4. The Kier molecular flexibility index (Phi) is 8.31. The van der Waals surface area contributed by atoms with E-state index >= 15 is 0 Å². The van der Waals surface area contributed by atoms with Crippen molar-refractivity contribution in [1.29, 1.82) is 0 Å². The summed E-state index contributed by atoms with van der Waals surface area (Å²) in [5.74, 6) is 0.272. The van der Waals surface area contributed by atoms with Gasteiger partial charge in [0.15, 0.2) is 0 Å². The predicted octanol–water partition coefficient (Wildman–Crippen LogP) is 1.05. The molecule has 3 nitrogen and oxygen atoms in total. The molecule has 0 radical (unpaired) electrons. The topological polar surface area (TPSA) is 40.5 Å². The van der Waals surface area contributed by atoms with Gasteiger partial charge in [0.2, 0.25) is 0 Å². The number of aliphatic hydroxyl groups excluding tert-OH is 1. The summed E-state index contributed by atoms with van der Waals surface area (Å²) in [6.45, 7) is 4.26. The van der Waals surface area contributed by atoms with Crippen molar-refractivity contribution in [2.45, 2.75) is 32.5 Å². The van der Waals surface area contributed by atoms with Gasteiger partial charge in [-0.05, 0) is 0 Å². The molecule has 0 aromatic carbocycles. The van der Waals surface area contributed by atoms with E-state index in [0.29, 0.717) is 0 Å². The van der Waals surface area contributed by atoms with Crippen LogP contribution in [0.25, 0.3) is 0 Å². The molecule has 3 unspecified atom stereocenters. The SMILES string of the molecule is C[CH2][Y][CH2]C(C)C(O)C(C=O)N(C)C. The van der Waals surface area contributed by atoms with E-state index in [9.17, 15) is 9.90 Å². The van der Waals surface area contributed by atoms with Gasteiger partial charge in [-0.25, -0.2) is 0 Å². The summed E-state index contributed by atoms with van der Waals surface area (Å²) in [4.78, 5) is 12.6. The zero-order chi connectivity index (χ0) is 11.1. The Morgan fingerprint density at radius 1 is 1.50 bits per heavy atom. The molecule has 0 amide bonds. The van der Waals surface area contributed by atoms with Crippen LogP contribution in [0.3, 0.4) is 0 Å². The summed E-state index contributed by atoms with van der Waals surface area (Å²) >= 11 is -0.445. The molecule has 0 aliphatic carbocycles. The fourth-order valence-electron chi connectivity index (χ4n) is 1.41. The average Bonchev–Trinajstić information content (AvgIpc) is 2.14. The molecule has 3 atom stereocenters. The van der Waals surface area contributed by atoms with Crippen molar-refractivity contribution in [2.75, 3.05) is 14.1 Å². The number of aldehydes is 1. The minimum atomic E-state index is -0.500. The number of nitrogens with zero attached hydrogens (tertiary/aromatic N) is 1. The second-order valence-electron chi connectivity index (χ2n) is 3.99. The molecule has 4 heteroatoms. The Labute approximate surface area is 102 Å². The van der Waals surface area contributed by atoms with Crippen LogP contribution in [0.4, 0.5) is 0 Å². The van der Waals surface area contributed by atoms with Crippen molar-refractivity contribution in [3.05, 3.63) is 0 Å². The predicted molar refractivity (Wildman–Crippen MR) is 54.0 cm³/mol. The number of carbonyl (C=O) groups is 1. The van der Waals surface area contributed by atoms with Crippen LogP contribution in [-0.2, 0) is 34.0 Å². The van der Waals surface area contributed by atoms with E-state index in [4.69, 9.17) is 0 Å². The molecule has 1 N–H and O–H groups in total. The van der Waals surface area contributed by atoms with Crippen LogP contribution < -0.4 is 0 Å². The number of rotatable bonds is 7. The number of likely N-dealkylation sites (N-methyl/N-ethyl adjacent to an activating group) is 1. The zero-order valence-electron chi connectivity index (χ0n) is 9.60. The van der Waals surface area contributed by atoms with Gasteiger partial charge in [-0.2, -0.15) is 0 Å². The number of aliphatic hydroxyl groups is 1. The third-order valence-electron chi connectivity index (χ3n) is 2.50. The molecule has 0 saturated carbocycles. The standard InChI is InChI=1S/C8H16NO2.C2H5.Y/c1-6(2)8(11)7(5-10)9(3)4;1-2;/h5-8,11H,1H2,2-4H3;1H2,2H3;. The normalized spacial score (nSPS) is 17.3. The van der Waals surface area contributed by atoms with E-state index in [0.717, 1.165) is 6.29 Å². The van der Waals surface area contributed by atoms with Crippen molar-refractivity contribution in [3.8, 4) is 0 Å². The van der Waals surface area contributed by atoms with Gasteiger partial charge in [0.1, 0.15) is 0 Å². The summed E-state index contributed by atoms with van der Waals surface area (Å²) in [7, 11) is 3.66. The Morgan fingerprint density at radius 3 is 2.43 bits per heavy atom. The molecule has 0 fully saturated rings. The molecule has 0 spiro atoms. The van der Waals surface area contributed by atoms with Gasteiger partial charge in [-0.1, -0.05) is 0 Å². The van der Waals surface area contributed by atoms with Gasteiger partial charge in [0.05, 0.1) is 0 Å². The van der Waals surface area contributed by atoms with Gasteiger partial charge >= 0.3 is 103 Å². The van der Waals surface area contributed by atoms with Crippen LogP contribution in [0.2, 0.25) is 6.46 Å². The van der Waals surface area contributed by atoms with E-state index in [1.54, 1.807) is 4.90 Å². The van der Waals surface area contributed by atoms with Crippen LogP contribution in [0.15, 0.2) is 0 Å². The molecule has 0 aliphatic heterocycles. The van der Waals surface area contributed by atoms with E-state index in [1.807, 2.05) is 21.0 Å². The van der Waals surface area contributed by atoms with Crippen molar-refractivity contribution in [1.82, 2.24) is 4.90 Å². The first-order valence-electron chi connectivity index (χ1n) is 5.16. The van der Waals surface area contributed by atoms with Crippen molar-refractivity contribution >= 4 is 6.29 Å². The molecule has 0 saturated heterocycles. The third kappa shape index (κ3) is 4.97. The maximum absolute atomic E-state index is 10.8. The summed E-state index contributed by atoms with van der Waals surface area (Å²) < 4.78 is 2.49. The third-order valence-corrected chi connectivity index (χ3v) is 6.56. The Hall–Kier alpha value is 0.694. The van der Waals surface area contributed by atoms with E-state index < -0.39 is 35.3 Å². The summed E-state index contributed by atoms with van der Waals surface area (Å²) in [6, 6.07) is -0.343. The fraction of sp³-hybridized carbons (Fsp3) is 0.900. The molecule has 0 heterocycles. The van der Waals surface area contributed by atoms with Gasteiger partial charge in [0, 0.05) is 0 Å². The Balaban J connectivity index is 4.12. The second-order valence-corrected chi connectivity index (χ2v) is 8.58. The molecule has 0 aromatic rings. The summed E-state index contributed by atoms with van der Waals surface area (Å²) in [6.07, 6.45) is 0.348. The van der Waals surface area contributed by atoms with Crippen molar-refractivity contribution in [3.63, 3.8) is 0 Å². The van der Waals surface area contributed by atoms with Gasteiger partial charge in [0.25, 0.3) is 0 Å². The van der Waals surface area contributed by atoms with E-state index in [2.05, 4.69) is 6.92 Å². The monoisotopic (exact) mass is 276 g/mol. The first kappa shape index (κ1) is 14.7. The second kappa shape index (κ2) is 7.92. The summed E-state index contributed by atoms with van der Waals surface area (Å²) in [5.41, 5.74) is 0. The first-order valence-corrected chi connectivity index (χ1v) is 9.17. The van der Waals surface area contributed by atoms with Crippen LogP contribution in [0, 0.1) is 5.92 Å². The molecule has 14 heavy (non-hydrogen) atoms. The van der Waals surface area contributed by atoms with Crippen LogP contribution in [0.1, 0.15) is 13.8 Å². The van der Waals surface area contributed by atoms with Crippen LogP contribution in [-0.4, -0.2) is 42.5 Å². The number of hydrogen-bond donors (Lipinski definition) is 1. The molecule has 0 aromatic heterocycles. The van der Waals surface area contributed by atoms with Crippen molar-refractivity contribution in [2.24, 2.45) is 5.92 Å². The quantitative estimate of drug-likeness (QED) is 0.707. The Morgan fingerprint density at radius 2 is 2.07 bits per heavy atom. The number of hydrogen-bond acceptors (Lipinski definition) is 3. The molecular formula is C10H21NO2Y. The van der Waals surface area contributed by atoms with E-state index in [1.165, 1.54) is 6.46 Å². The van der Waals surface area contributed by atoms with Crippen molar-refractivity contribution < 1.29 is 39.1 Å². The van der Waals surface area contributed by atoms with Gasteiger partial charge < -0.3 is 0 Å². The molecule has 0 aliphatic rings. The maximum atomic E-state index is 10.8. The van der Waals surface area contributed by atoms with E-state index in [-0.39, 0.29) is 12.0 Å². The van der Waals surface area contributed by atoms with Gasteiger partial charge in [-0.3, -0.25) is 0 Å². The summed E-state index contributed by atoms with van der Waals surface area (Å²) in [5, 5.41) is 9.93. The molecular weight excluding hydrogens is 255 g/mol. The van der Waals surface area contributed by atoms with Crippen LogP contribution >= 0.6 is 0 Å². The minimum absolute atomic E-state index is 0.272. The molecule has 0 bridgehead atoms.